The third-order valence-electron chi connectivity index (χ3n) is 18.6. The summed E-state index contributed by atoms with van der Waals surface area (Å²) < 4.78 is 36.6. The third kappa shape index (κ3) is 12.9. The zero-order valence-electron chi connectivity index (χ0n) is 49.6. The summed E-state index contributed by atoms with van der Waals surface area (Å²) in [6, 6.07) is 25.2. The van der Waals surface area contributed by atoms with Crippen LogP contribution in [0, 0.1) is 21.4 Å². The fourth-order valence-electron chi connectivity index (χ4n) is 13.6. The van der Waals surface area contributed by atoms with Gasteiger partial charge in [0.05, 0.1) is 32.7 Å². The van der Waals surface area contributed by atoms with Gasteiger partial charge in [-0.3, -0.25) is 59.0 Å². The number of carbonyl (C=O) groups excluding carboxylic acids is 5. The van der Waals surface area contributed by atoms with Crippen molar-refractivity contribution in [2.45, 2.75) is 108 Å². The lowest BCUT2D eigenvalue weighted by Gasteiger charge is -2.45. The topological polar surface area (TPSA) is 253 Å². The van der Waals surface area contributed by atoms with E-state index >= 15 is 0 Å². The number of carbonyl (C=O) groups is 5. The molecule has 23 heteroatoms. The minimum Gasteiger partial charge on any atom is -0.455 e. The molecule has 0 radical (unpaired) electrons. The Balaban J connectivity index is 0.653. The molecule has 4 aliphatic heterocycles. The number of imide groups is 2. The highest BCUT2D eigenvalue weighted by Crippen LogP contribution is 2.44. The number of nitro groups is 1. The second kappa shape index (κ2) is 24.9. The minimum atomic E-state index is -4.64. The number of nitrogens with one attached hydrogen (secondary N) is 4. The van der Waals surface area contributed by atoms with Gasteiger partial charge in [-0.1, -0.05) is 49.2 Å². The molecule has 0 spiro atoms. The number of halogens is 1. The van der Waals surface area contributed by atoms with E-state index in [4.69, 9.17) is 16.3 Å². The number of aromatic amines is 1. The first-order valence-corrected chi connectivity index (χ1v) is 32.2. The maximum absolute atomic E-state index is 14.2. The van der Waals surface area contributed by atoms with Gasteiger partial charge in [0.15, 0.2) is 0 Å². The smallest absolute Gasteiger partial charge is 0.293 e. The van der Waals surface area contributed by atoms with Gasteiger partial charge in [0, 0.05) is 118 Å². The number of amides is 5. The quantitative estimate of drug-likeness (QED) is 0.0377. The summed E-state index contributed by atoms with van der Waals surface area (Å²) in [6.07, 6.45) is 10.2. The highest BCUT2D eigenvalue weighted by molar-refractivity contribution is 7.90. The minimum absolute atomic E-state index is 0.0562. The lowest BCUT2D eigenvalue weighted by Crippen LogP contribution is -2.55. The predicted molar refractivity (Wildman–Crippen MR) is 334 cm³/mol. The fraction of sp³-hybridized carbons (Fsp3) is 0.415. The van der Waals surface area contributed by atoms with Crippen LogP contribution in [0.4, 0.5) is 17.1 Å². The van der Waals surface area contributed by atoms with Gasteiger partial charge < -0.3 is 19.9 Å². The lowest BCUT2D eigenvalue weighted by molar-refractivity contribution is -0.384. The van der Waals surface area contributed by atoms with Gasteiger partial charge in [0.25, 0.3) is 33.4 Å². The summed E-state index contributed by atoms with van der Waals surface area (Å²) in [6.45, 7) is 14.2. The van der Waals surface area contributed by atoms with Crippen LogP contribution >= 0.6 is 11.6 Å². The summed E-state index contributed by atoms with van der Waals surface area (Å²) in [4.78, 5) is 94.8. The molecule has 6 aromatic rings. The van der Waals surface area contributed by atoms with E-state index < -0.39 is 61.1 Å². The first kappa shape index (κ1) is 60.3. The summed E-state index contributed by atoms with van der Waals surface area (Å²) in [5.74, 6) is -2.43. The number of nitro benzene ring substituents is 1. The van der Waals surface area contributed by atoms with Crippen LogP contribution in [0.3, 0.4) is 0 Å². The van der Waals surface area contributed by atoms with Crippen LogP contribution in [0.5, 0.6) is 11.5 Å². The summed E-state index contributed by atoms with van der Waals surface area (Å²) in [7, 11) is -4.64. The van der Waals surface area contributed by atoms with Gasteiger partial charge in [-0.2, -0.15) is 0 Å². The second-order valence-corrected chi connectivity index (χ2v) is 27.2. The van der Waals surface area contributed by atoms with E-state index in [1.165, 1.54) is 35.0 Å². The molecule has 3 saturated heterocycles. The van der Waals surface area contributed by atoms with Crippen molar-refractivity contribution in [2.24, 2.45) is 11.3 Å². The Bertz CT molecular complexity index is 3890. The summed E-state index contributed by atoms with van der Waals surface area (Å²) in [5.41, 5.74) is 6.79. The van der Waals surface area contributed by atoms with Crippen molar-refractivity contribution >= 4 is 84.8 Å². The van der Waals surface area contributed by atoms with Crippen molar-refractivity contribution in [3.8, 4) is 11.5 Å². The number of fused-ring (bicyclic) bond motifs is 2. The Labute approximate surface area is 516 Å². The van der Waals surface area contributed by atoms with Gasteiger partial charge in [-0.25, -0.2) is 18.1 Å². The zero-order valence-corrected chi connectivity index (χ0v) is 51.1. The number of hydrogen-bond donors (Lipinski definition) is 4. The van der Waals surface area contributed by atoms with Crippen molar-refractivity contribution in [3.05, 3.63) is 152 Å². The average molecular weight is 1230 g/mol. The molecular formula is C65H72ClN11O10S. The Morgan fingerprint density at radius 1 is 0.852 bits per heavy atom. The van der Waals surface area contributed by atoms with E-state index in [1.54, 1.807) is 42.6 Å². The molecule has 0 bridgehead atoms. The molecule has 1 unspecified atom stereocenters. The normalized spacial score (nSPS) is 22.2. The van der Waals surface area contributed by atoms with Crippen LogP contribution in [0.15, 0.2) is 114 Å². The molecule has 2 atom stereocenters. The van der Waals surface area contributed by atoms with Crippen LogP contribution in [-0.4, -0.2) is 149 Å². The first-order chi connectivity index (χ1) is 42.2. The third-order valence-corrected chi connectivity index (χ3v) is 20.2. The molecular weight excluding hydrogens is 1160 g/mol. The molecule has 21 nitrogen and oxygen atoms in total. The second-order valence-electron chi connectivity index (χ2n) is 25.1. The highest BCUT2D eigenvalue weighted by atomic mass is 35.5. The van der Waals surface area contributed by atoms with Crippen molar-refractivity contribution in [1.29, 1.82) is 0 Å². The van der Waals surface area contributed by atoms with Crippen molar-refractivity contribution in [2.75, 3.05) is 69.1 Å². The average Bonchev–Trinajstić information content (AvgIpc) is 1.66. The Kier molecular flexibility index (Phi) is 17.0. The zero-order chi connectivity index (χ0) is 61.6. The van der Waals surface area contributed by atoms with E-state index in [0.29, 0.717) is 48.6 Å². The number of pyridine rings is 1. The number of aromatic nitrogens is 2. The monoisotopic (exact) mass is 1230 g/mol. The number of H-pyrrole nitrogens is 1. The number of anilines is 2. The molecule has 2 aromatic heterocycles. The summed E-state index contributed by atoms with van der Waals surface area (Å²) in [5, 5.41) is 19.5. The molecule has 2 aliphatic carbocycles. The van der Waals surface area contributed by atoms with Crippen molar-refractivity contribution in [3.63, 3.8) is 0 Å². The standard InChI is InChI=1S/C65H72ClN11O10S/c1-40-37-75(29-28-74(40)38-42-6-15-51-53(30-42)64(82)76(63(51)81)56-18-19-59(78)70-62(56)80)47-11-4-41(5-12-47)35-68-55-17-14-50(33-57(55)77(83)84)88(85,86)71-61(79)52-16-13-48(32-58(52)87-49-31-44-21-23-67-60(44)69-36-49)73-26-24-72(25-27-73)39-45-20-22-65(2,3)34-54(45)43-7-9-46(66)10-8-43/h6-10,13-17,21,23,30-33,36,40-41,47,56,68H,4-5,11-12,18-20,22,24-29,34-35,37-39H2,1-3H3,(H,67,69)(H,71,79)(H,70,78,80)/t40-,41-,47+,56?/m0/s1. The molecule has 12 rings (SSSR count). The highest BCUT2D eigenvalue weighted by Gasteiger charge is 2.45. The molecule has 6 heterocycles. The lowest BCUT2D eigenvalue weighted by atomic mass is 9.72. The first-order valence-electron chi connectivity index (χ1n) is 30.3. The molecule has 4 N–H and O–H groups in total. The van der Waals surface area contributed by atoms with E-state index in [-0.39, 0.29) is 58.3 Å². The SMILES string of the molecule is C[C@H]1CN([C@H]2CC[C@@H](CNc3ccc(S(=O)(=O)NC(=O)c4ccc(N5CCN(CC6=C(c7ccc(Cl)cc7)CC(C)(C)CC6)CC5)cc4Oc4cnc5[nH]ccc5c4)cc3[N+](=O)[O-])CC2)CCN1Cc1ccc2c(c1)C(=O)N(C1CCC(=O)NC1=O)C2=O. The molecule has 6 aliphatic rings. The van der Waals surface area contributed by atoms with E-state index in [2.05, 4.69) is 77.8 Å². The Hall–Kier alpha value is -8.02. The van der Waals surface area contributed by atoms with Crippen LogP contribution in [0.1, 0.15) is 121 Å². The van der Waals surface area contributed by atoms with Gasteiger partial charge in [-0.05, 0) is 147 Å². The summed E-state index contributed by atoms with van der Waals surface area (Å²) >= 11 is 6.28. The van der Waals surface area contributed by atoms with Crippen LogP contribution in [0.25, 0.3) is 16.6 Å². The Morgan fingerprint density at radius 3 is 2.38 bits per heavy atom. The van der Waals surface area contributed by atoms with E-state index in [1.807, 2.05) is 24.3 Å². The maximum atomic E-state index is 14.2. The van der Waals surface area contributed by atoms with Crippen molar-refractivity contribution in [1.82, 2.24) is 39.6 Å². The number of piperidine rings is 1. The molecule has 4 fully saturated rings. The fourth-order valence-corrected chi connectivity index (χ4v) is 14.7. The number of hydrogen-bond acceptors (Lipinski definition) is 16. The number of allylic oxidation sites excluding steroid dienone is 1. The van der Waals surface area contributed by atoms with E-state index in [0.717, 1.165) is 112 Å². The number of benzene rings is 4. The number of rotatable bonds is 17. The number of nitrogens with zero attached hydrogens (tertiary/aromatic N) is 7. The number of sulfonamides is 1. The van der Waals surface area contributed by atoms with Crippen molar-refractivity contribution < 1.29 is 42.1 Å². The van der Waals surface area contributed by atoms with Gasteiger partial charge in [0.2, 0.25) is 11.8 Å². The van der Waals surface area contributed by atoms with Crippen LogP contribution < -0.4 is 25.0 Å². The number of piperazine rings is 2. The van der Waals surface area contributed by atoms with Gasteiger partial charge >= 0.3 is 0 Å². The predicted octanol–water partition coefficient (Wildman–Crippen LogP) is 9.40. The van der Waals surface area contributed by atoms with Crippen LogP contribution in [-0.2, 0) is 26.2 Å². The molecule has 5 amide bonds. The molecule has 4 aromatic carbocycles. The maximum Gasteiger partial charge on any atom is 0.293 e. The largest absolute Gasteiger partial charge is 0.455 e. The molecule has 1 saturated carbocycles. The Morgan fingerprint density at radius 2 is 1.62 bits per heavy atom. The van der Waals surface area contributed by atoms with Gasteiger partial charge in [0.1, 0.15) is 28.9 Å². The molecule has 460 valence electrons. The van der Waals surface area contributed by atoms with Gasteiger partial charge in [-0.15, -0.1) is 0 Å². The number of ether oxygens (including phenoxy) is 1. The van der Waals surface area contributed by atoms with E-state index in [9.17, 15) is 42.5 Å². The van der Waals surface area contributed by atoms with Crippen LogP contribution in [0.2, 0.25) is 5.02 Å². The molecule has 88 heavy (non-hydrogen) atoms.